The number of hydrogen-bond donors (Lipinski definition) is 2. The molecule has 0 saturated heterocycles. The van der Waals surface area contributed by atoms with Crippen LogP contribution in [0.5, 0.6) is 0 Å². The van der Waals surface area contributed by atoms with Crippen LogP contribution in [0.25, 0.3) is 11.3 Å². The van der Waals surface area contributed by atoms with Crippen LogP contribution >= 0.6 is 0 Å². The second kappa shape index (κ2) is 8.92. The van der Waals surface area contributed by atoms with E-state index in [2.05, 4.69) is 44.6 Å². The summed E-state index contributed by atoms with van der Waals surface area (Å²) >= 11 is 0. The summed E-state index contributed by atoms with van der Waals surface area (Å²) in [5, 5.41) is 6.67. The lowest BCUT2D eigenvalue weighted by Gasteiger charge is -2.12. The van der Waals surface area contributed by atoms with Gasteiger partial charge in [0.1, 0.15) is 5.82 Å². The van der Waals surface area contributed by atoms with E-state index in [9.17, 15) is 0 Å². The number of nitrogens with zero attached hydrogens (tertiary/aromatic N) is 4. The molecule has 134 valence electrons. The highest BCUT2D eigenvalue weighted by Crippen LogP contribution is 2.23. The van der Waals surface area contributed by atoms with Gasteiger partial charge in [0.2, 0.25) is 5.95 Å². The Bertz CT molecular complexity index is 805. The van der Waals surface area contributed by atoms with Crippen molar-refractivity contribution in [1.29, 1.82) is 0 Å². The minimum absolute atomic E-state index is 0.614. The highest BCUT2D eigenvalue weighted by molar-refractivity contribution is 5.66. The van der Waals surface area contributed by atoms with Crippen LogP contribution in [0.4, 0.5) is 17.5 Å². The number of rotatable bonds is 8. The van der Waals surface area contributed by atoms with Gasteiger partial charge in [0, 0.05) is 36.3 Å². The Morgan fingerprint density at radius 1 is 1.00 bits per heavy atom. The van der Waals surface area contributed by atoms with Crippen LogP contribution in [0, 0.1) is 0 Å². The van der Waals surface area contributed by atoms with Crippen molar-refractivity contribution in [2.75, 3.05) is 37.8 Å². The highest BCUT2D eigenvalue weighted by atomic mass is 15.1. The maximum Gasteiger partial charge on any atom is 0.225 e. The molecule has 2 aromatic heterocycles. The Hall–Kier alpha value is -2.99. The number of aromatic nitrogens is 3. The van der Waals surface area contributed by atoms with Gasteiger partial charge in [-0.3, -0.25) is 4.98 Å². The lowest BCUT2D eigenvalue weighted by Crippen LogP contribution is -2.17. The molecule has 0 aliphatic heterocycles. The van der Waals surface area contributed by atoms with Gasteiger partial charge in [-0.05, 0) is 51.3 Å². The molecule has 0 saturated carbocycles. The van der Waals surface area contributed by atoms with Crippen molar-refractivity contribution in [2.24, 2.45) is 0 Å². The molecule has 0 amide bonds. The van der Waals surface area contributed by atoms with Crippen LogP contribution in [-0.2, 0) is 0 Å². The Labute approximate surface area is 154 Å². The first-order valence-corrected chi connectivity index (χ1v) is 8.71. The van der Waals surface area contributed by atoms with Crippen LogP contribution in [0.1, 0.15) is 6.42 Å². The minimum Gasteiger partial charge on any atom is -0.354 e. The van der Waals surface area contributed by atoms with Crippen molar-refractivity contribution in [3.63, 3.8) is 0 Å². The number of anilines is 3. The van der Waals surface area contributed by atoms with Crippen molar-refractivity contribution in [2.45, 2.75) is 6.42 Å². The summed E-state index contributed by atoms with van der Waals surface area (Å²) in [4.78, 5) is 15.6. The molecule has 0 unspecified atom stereocenters. The van der Waals surface area contributed by atoms with E-state index in [4.69, 9.17) is 0 Å². The normalized spacial score (nSPS) is 10.7. The molecule has 1 aromatic carbocycles. The van der Waals surface area contributed by atoms with Gasteiger partial charge in [0.15, 0.2) is 0 Å². The molecule has 3 aromatic rings. The first-order chi connectivity index (χ1) is 12.7. The molecule has 0 fully saturated rings. The maximum atomic E-state index is 4.65. The van der Waals surface area contributed by atoms with E-state index in [1.807, 2.05) is 54.7 Å². The van der Waals surface area contributed by atoms with Crippen molar-refractivity contribution in [3.8, 4) is 11.3 Å². The molecular weight excluding hydrogens is 324 g/mol. The van der Waals surface area contributed by atoms with Crippen LogP contribution in [0.15, 0.2) is 60.9 Å². The predicted molar refractivity (Wildman–Crippen MR) is 107 cm³/mol. The summed E-state index contributed by atoms with van der Waals surface area (Å²) in [6.45, 7) is 1.84. The Kier molecular flexibility index (Phi) is 6.11. The van der Waals surface area contributed by atoms with Gasteiger partial charge in [-0.1, -0.05) is 18.2 Å². The molecule has 0 aliphatic rings. The molecule has 26 heavy (non-hydrogen) atoms. The second-order valence-corrected chi connectivity index (χ2v) is 6.28. The number of para-hydroxylation sites is 1. The lowest BCUT2D eigenvalue weighted by atomic mass is 10.2. The molecule has 0 spiro atoms. The molecule has 6 heteroatoms. The van der Waals surface area contributed by atoms with E-state index in [1.165, 1.54) is 0 Å². The smallest absolute Gasteiger partial charge is 0.225 e. The Morgan fingerprint density at radius 3 is 2.58 bits per heavy atom. The van der Waals surface area contributed by atoms with Crippen LogP contribution in [0.2, 0.25) is 0 Å². The standard InChI is InChI=1S/C20H24N6/c1-26(2)13-7-12-22-20-24-18(16-8-6-11-21-15-16)14-19(25-20)23-17-9-4-3-5-10-17/h3-6,8-11,14-15H,7,12-13H2,1-2H3,(H2,22,23,24,25). The van der Waals surface area contributed by atoms with Gasteiger partial charge >= 0.3 is 0 Å². The predicted octanol–water partition coefficient (Wildman–Crippen LogP) is 3.65. The van der Waals surface area contributed by atoms with E-state index in [-0.39, 0.29) is 0 Å². The summed E-state index contributed by atoms with van der Waals surface area (Å²) in [5.74, 6) is 1.36. The van der Waals surface area contributed by atoms with Gasteiger partial charge in [0.05, 0.1) is 5.69 Å². The van der Waals surface area contributed by atoms with E-state index in [0.717, 1.165) is 42.3 Å². The molecule has 2 heterocycles. The SMILES string of the molecule is CN(C)CCCNc1nc(Nc2ccccc2)cc(-c2cccnc2)n1. The summed E-state index contributed by atoms with van der Waals surface area (Å²) < 4.78 is 0. The summed E-state index contributed by atoms with van der Waals surface area (Å²) in [5.41, 5.74) is 2.78. The van der Waals surface area contributed by atoms with Gasteiger partial charge in [-0.15, -0.1) is 0 Å². The molecule has 0 bridgehead atoms. The number of hydrogen-bond acceptors (Lipinski definition) is 6. The minimum atomic E-state index is 0.614. The molecule has 2 N–H and O–H groups in total. The van der Waals surface area contributed by atoms with Crippen molar-refractivity contribution in [1.82, 2.24) is 19.9 Å². The molecule has 6 nitrogen and oxygen atoms in total. The second-order valence-electron chi connectivity index (χ2n) is 6.28. The molecule has 3 rings (SSSR count). The Balaban J connectivity index is 1.82. The molecular formula is C20H24N6. The highest BCUT2D eigenvalue weighted by Gasteiger charge is 2.07. The third kappa shape index (κ3) is 5.26. The van der Waals surface area contributed by atoms with E-state index >= 15 is 0 Å². The lowest BCUT2D eigenvalue weighted by molar-refractivity contribution is 0.405. The fourth-order valence-electron chi connectivity index (χ4n) is 2.52. The van der Waals surface area contributed by atoms with Gasteiger partial charge in [-0.2, -0.15) is 4.98 Å². The summed E-state index contributed by atoms with van der Waals surface area (Å²) in [7, 11) is 4.14. The fourth-order valence-corrected chi connectivity index (χ4v) is 2.52. The zero-order chi connectivity index (χ0) is 18.2. The fraction of sp³-hybridized carbons (Fsp3) is 0.250. The summed E-state index contributed by atoms with van der Waals surface area (Å²) in [6, 6.07) is 15.8. The van der Waals surface area contributed by atoms with Crippen LogP contribution in [0.3, 0.4) is 0 Å². The molecule has 0 radical (unpaired) electrons. The quantitative estimate of drug-likeness (QED) is 0.606. The number of benzene rings is 1. The largest absolute Gasteiger partial charge is 0.354 e. The van der Waals surface area contributed by atoms with E-state index < -0.39 is 0 Å². The van der Waals surface area contributed by atoms with Crippen LogP contribution in [-0.4, -0.2) is 47.0 Å². The summed E-state index contributed by atoms with van der Waals surface area (Å²) in [6.07, 6.45) is 4.59. The monoisotopic (exact) mass is 348 g/mol. The first-order valence-electron chi connectivity index (χ1n) is 8.71. The van der Waals surface area contributed by atoms with Crippen molar-refractivity contribution >= 4 is 17.5 Å². The average molecular weight is 348 g/mol. The van der Waals surface area contributed by atoms with E-state index in [0.29, 0.717) is 5.95 Å². The van der Waals surface area contributed by atoms with Gasteiger partial charge in [0.25, 0.3) is 0 Å². The van der Waals surface area contributed by atoms with Crippen molar-refractivity contribution < 1.29 is 0 Å². The first kappa shape index (κ1) is 17.8. The van der Waals surface area contributed by atoms with Gasteiger partial charge < -0.3 is 15.5 Å². The number of nitrogens with one attached hydrogen (secondary N) is 2. The third-order valence-corrected chi connectivity index (χ3v) is 3.79. The van der Waals surface area contributed by atoms with Crippen LogP contribution < -0.4 is 10.6 Å². The zero-order valence-corrected chi connectivity index (χ0v) is 15.2. The van der Waals surface area contributed by atoms with Gasteiger partial charge in [-0.25, -0.2) is 4.98 Å². The molecule has 0 atom stereocenters. The average Bonchev–Trinajstić information content (AvgIpc) is 2.66. The Morgan fingerprint density at radius 2 is 1.85 bits per heavy atom. The number of pyridine rings is 1. The maximum absolute atomic E-state index is 4.65. The van der Waals surface area contributed by atoms with Crippen molar-refractivity contribution in [3.05, 3.63) is 60.9 Å². The molecule has 0 aliphatic carbocycles. The van der Waals surface area contributed by atoms with E-state index in [1.54, 1.807) is 6.20 Å². The zero-order valence-electron chi connectivity index (χ0n) is 15.2. The topological polar surface area (TPSA) is 66.0 Å². The third-order valence-electron chi connectivity index (χ3n) is 3.79.